The molecule has 1 aromatic rings. The molecule has 0 aliphatic heterocycles. The zero-order valence-electron chi connectivity index (χ0n) is 9.51. The van der Waals surface area contributed by atoms with E-state index in [1.165, 1.54) is 12.1 Å². The number of anilines is 2. The molecule has 0 radical (unpaired) electrons. The second-order valence-corrected chi connectivity index (χ2v) is 3.87. The van der Waals surface area contributed by atoms with Gasteiger partial charge in [0.2, 0.25) is 0 Å². The largest absolute Gasteiger partial charge is 0.418 e. The third-order valence-corrected chi connectivity index (χ3v) is 2.29. The summed E-state index contributed by atoms with van der Waals surface area (Å²) >= 11 is 0. The molecule has 0 amide bonds. The van der Waals surface area contributed by atoms with Gasteiger partial charge in [-0.2, -0.15) is 13.2 Å². The Bertz CT molecular complexity index is 399. The van der Waals surface area contributed by atoms with Crippen molar-refractivity contribution in [3.05, 3.63) is 36.4 Å². The Labute approximate surface area is 98.3 Å². The van der Waals surface area contributed by atoms with Crippen molar-refractivity contribution in [2.45, 2.75) is 25.6 Å². The highest BCUT2D eigenvalue weighted by Crippen LogP contribution is 2.35. The summed E-state index contributed by atoms with van der Waals surface area (Å²) in [6, 6.07) is 3.84. The molecule has 0 heterocycles. The standard InChI is InChI=1S/C12H15F3N2/c1-3-4-8(2)17-9-5-6-11(16)10(7-9)12(13,14)15/h3,5-8,17H,1,4,16H2,2H3. The van der Waals surface area contributed by atoms with Gasteiger partial charge in [0.05, 0.1) is 5.56 Å². The number of nitrogen functional groups attached to an aromatic ring is 1. The summed E-state index contributed by atoms with van der Waals surface area (Å²) in [5.41, 5.74) is 4.63. The van der Waals surface area contributed by atoms with E-state index in [1.54, 1.807) is 6.08 Å². The predicted molar refractivity (Wildman–Crippen MR) is 63.8 cm³/mol. The summed E-state index contributed by atoms with van der Waals surface area (Å²) in [4.78, 5) is 0. The third kappa shape index (κ3) is 3.69. The van der Waals surface area contributed by atoms with Crippen molar-refractivity contribution in [3.63, 3.8) is 0 Å². The lowest BCUT2D eigenvalue weighted by molar-refractivity contribution is -0.136. The zero-order chi connectivity index (χ0) is 13.1. The van der Waals surface area contributed by atoms with Gasteiger partial charge in [-0.1, -0.05) is 6.08 Å². The lowest BCUT2D eigenvalue weighted by Gasteiger charge is -2.16. The van der Waals surface area contributed by atoms with Crippen LogP contribution in [-0.2, 0) is 6.18 Å². The number of alkyl halides is 3. The maximum absolute atomic E-state index is 12.6. The molecule has 94 valence electrons. The Balaban J connectivity index is 2.93. The van der Waals surface area contributed by atoms with Crippen molar-refractivity contribution in [1.29, 1.82) is 0 Å². The summed E-state index contributed by atoms with van der Waals surface area (Å²) in [5.74, 6) is 0. The molecule has 1 atom stereocenters. The van der Waals surface area contributed by atoms with E-state index in [4.69, 9.17) is 5.73 Å². The lowest BCUT2D eigenvalue weighted by atomic mass is 10.1. The van der Waals surface area contributed by atoms with E-state index in [1.807, 2.05) is 6.92 Å². The van der Waals surface area contributed by atoms with Crippen molar-refractivity contribution in [2.75, 3.05) is 11.1 Å². The van der Waals surface area contributed by atoms with Gasteiger partial charge in [-0.05, 0) is 31.5 Å². The second kappa shape index (κ2) is 5.12. The first-order valence-electron chi connectivity index (χ1n) is 5.18. The van der Waals surface area contributed by atoms with Gasteiger partial charge in [-0.25, -0.2) is 0 Å². The number of rotatable bonds is 4. The monoisotopic (exact) mass is 244 g/mol. The molecule has 0 aromatic heterocycles. The maximum atomic E-state index is 12.6. The van der Waals surface area contributed by atoms with Crippen molar-refractivity contribution < 1.29 is 13.2 Å². The van der Waals surface area contributed by atoms with Crippen molar-refractivity contribution in [3.8, 4) is 0 Å². The van der Waals surface area contributed by atoms with Gasteiger partial charge >= 0.3 is 6.18 Å². The molecule has 17 heavy (non-hydrogen) atoms. The van der Waals surface area contributed by atoms with Crippen LogP contribution < -0.4 is 11.1 Å². The topological polar surface area (TPSA) is 38.0 Å². The minimum Gasteiger partial charge on any atom is -0.398 e. The molecule has 1 aromatic carbocycles. The van der Waals surface area contributed by atoms with Crippen LogP contribution in [0.15, 0.2) is 30.9 Å². The van der Waals surface area contributed by atoms with E-state index in [-0.39, 0.29) is 11.7 Å². The van der Waals surface area contributed by atoms with Crippen LogP contribution in [0.5, 0.6) is 0 Å². The SMILES string of the molecule is C=CCC(C)Nc1ccc(N)c(C(F)(F)F)c1. The molecule has 1 unspecified atom stereocenters. The Morgan fingerprint density at radius 2 is 2.12 bits per heavy atom. The quantitative estimate of drug-likeness (QED) is 0.626. The third-order valence-electron chi connectivity index (χ3n) is 2.29. The molecule has 0 bridgehead atoms. The molecule has 3 N–H and O–H groups in total. The van der Waals surface area contributed by atoms with Gasteiger partial charge in [0.15, 0.2) is 0 Å². The Morgan fingerprint density at radius 1 is 1.47 bits per heavy atom. The fourth-order valence-electron chi connectivity index (χ4n) is 1.49. The molecule has 2 nitrogen and oxygen atoms in total. The lowest BCUT2D eigenvalue weighted by Crippen LogP contribution is -2.15. The number of nitrogens with one attached hydrogen (secondary N) is 1. The number of hydrogen-bond acceptors (Lipinski definition) is 2. The maximum Gasteiger partial charge on any atom is 0.418 e. The number of halogens is 3. The van der Waals surface area contributed by atoms with Crippen LogP contribution in [0.3, 0.4) is 0 Å². The summed E-state index contributed by atoms with van der Waals surface area (Å²) < 4.78 is 37.8. The highest BCUT2D eigenvalue weighted by molar-refractivity contribution is 5.58. The highest BCUT2D eigenvalue weighted by Gasteiger charge is 2.33. The smallest absolute Gasteiger partial charge is 0.398 e. The minimum atomic E-state index is -4.43. The summed E-state index contributed by atoms with van der Waals surface area (Å²) in [5, 5.41) is 2.96. The Hall–Kier alpha value is -1.65. The molecule has 0 saturated carbocycles. The van der Waals surface area contributed by atoms with E-state index in [9.17, 15) is 13.2 Å². The molecule has 0 fully saturated rings. The first-order chi connectivity index (χ1) is 7.84. The average molecular weight is 244 g/mol. The van der Waals surface area contributed by atoms with Gasteiger partial charge in [-0.3, -0.25) is 0 Å². The molecule has 1 rings (SSSR count). The van der Waals surface area contributed by atoms with E-state index in [0.717, 1.165) is 6.07 Å². The molecule has 5 heteroatoms. The van der Waals surface area contributed by atoms with Crippen LogP contribution in [0.4, 0.5) is 24.5 Å². The number of benzene rings is 1. The molecule has 0 saturated heterocycles. The zero-order valence-corrected chi connectivity index (χ0v) is 9.51. The molecular weight excluding hydrogens is 229 g/mol. The van der Waals surface area contributed by atoms with Crippen LogP contribution in [0, 0.1) is 0 Å². The van der Waals surface area contributed by atoms with Gasteiger partial charge in [0.25, 0.3) is 0 Å². The fraction of sp³-hybridized carbons (Fsp3) is 0.333. The molecule has 0 aliphatic carbocycles. The van der Waals surface area contributed by atoms with Crippen molar-refractivity contribution >= 4 is 11.4 Å². The van der Waals surface area contributed by atoms with E-state index in [0.29, 0.717) is 12.1 Å². The Kier molecular flexibility index (Phi) is 4.04. The van der Waals surface area contributed by atoms with Crippen LogP contribution in [0.1, 0.15) is 18.9 Å². The minimum absolute atomic E-state index is 0.0252. The highest BCUT2D eigenvalue weighted by atomic mass is 19.4. The van der Waals surface area contributed by atoms with Gasteiger partial charge < -0.3 is 11.1 Å². The van der Waals surface area contributed by atoms with E-state index < -0.39 is 11.7 Å². The molecule has 0 spiro atoms. The summed E-state index contributed by atoms with van der Waals surface area (Å²) in [7, 11) is 0. The van der Waals surface area contributed by atoms with Gasteiger partial charge in [0.1, 0.15) is 0 Å². The van der Waals surface area contributed by atoms with Crippen LogP contribution in [0.2, 0.25) is 0 Å². The first kappa shape index (κ1) is 13.4. The summed E-state index contributed by atoms with van der Waals surface area (Å²) in [6.07, 6.45) is -2.05. The predicted octanol–water partition coefficient (Wildman–Crippen LogP) is 3.66. The Morgan fingerprint density at radius 3 is 2.65 bits per heavy atom. The number of hydrogen-bond donors (Lipinski definition) is 2. The normalized spacial score (nSPS) is 13.2. The molecule has 0 aliphatic rings. The van der Waals surface area contributed by atoms with Crippen molar-refractivity contribution in [2.24, 2.45) is 0 Å². The fourth-order valence-corrected chi connectivity index (χ4v) is 1.49. The van der Waals surface area contributed by atoms with Crippen molar-refractivity contribution in [1.82, 2.24) is 0 Å². The molecular formula is C12H15F3N2. The van der Waals surface area contributed by atoms with Crippen LogP contribution in [-0.4, -0.2) is 6.04 Å². The summed E-state index contributed by atoms with van der Waals surface area (Å²) in [6.45, 7) is 5.44. The number of nitrogens with two attached hydrogens (primary N) is 1. The second-order valence-electron chi connectivity index (χ2n) is 3.87. The van der Waals surface area contributed by atoms with Gasteiger partial charge in [0, 0.05) is 17.4 Å². The van der Waals surface area contributed by atoms with Crippen LogP contribution in [0.25, 0.3) is 0 Å². The average Bonchev–Trinajstić information content (AvgIpc) is 2.19. The van der Waals surface area contributed by atoms with Crippen LogP contribution >= 0.6 is 0 Å². The van der Waals surface area contributed by atoms with Gasteiger partial charge in [-0.15, -0.1) is 6.58 Å². The van der Waals surface area contributed by atoms with E-state index in [2.05, 4.69) is 11.9 Å². The van der Waals surface area contributed by atoms with E-state index >= 15 is 0 Å². The first-order valence-corrected chi connectivity index (χ1v) is 5.18.